The molecule has 0 rings (SSSR count). The molecule has 0 nitrogen and oxygen atoms in total. The van der Waals surface area contributed by atoms with E-state index in [9.17, 15) is 30.7 Å². The van der Waals surface area contributed by atoms with Crippen molar-refractivity contribution in [2.75, 3.05) is 0 Å². The third-order valence-corrected chi connectivity index (χ3v) is 7.67. The number of hydrogen-bond donors (Lipinski definition) is 0. The molecule has 0 saturated heterocycles. The monoisotopic (exact) mass is 847 g/mol. The highest BCUT2D eigenvalue weighted by Gasteiger charge is 2.22. The molecule has 0 saturated carbocycles. The first-order chi connectivity index (χ1) is 26.1. The number of alkyl halides is 7. The Kier molecular flexibility index (Phi) is 95.0. The van der Waals surface area contributed by atoms with Gasteiger partial charge in [0.2, 0.25) is 17.8 Å². The Morgan fingerprint density at radius 2 is 0.544 bits per heavy atom. The molecule has 1 atom stereocenters. The summed E-state index contributed by atoms with van der Waals surface area (Å²) in [6.45, 7) is 45.1. The third kappa shape index (κ3) is 196. The van der Waals surface area contributed by atoms with Gasteiger partial charge in [-0.1, -0.05) is 235 Å². The zero-order valence-corrected chi connectivity index (χ0v) is 43.6. The van der Waals surface area contributed by atoms with E-state index in [0.29, 0.717) is 19.3 Å². The van der Waals surface area contributed by atoms with Gasteiger partial charge in [-0.25, -0.2) is 30.7 Å². The van der Waals surface area contributed by atoms with Crippen molar-refractivity contribution in [3.05, 3.63) is 0 Å². The predicted molar refractivity (Wildman–Crippen MR) is 253 cm³/mol. The van der Waals surface area contributed by atoms with Gasteiger partial charge in [0.05, 0.1) is 6.17 Å². The summed E-state index contributed by atoms with van der Waals surface area (Å²) >= 11 is 0. The van der Waals surface area contributed by atoms with Crippen molar-refractivity contribution in [1.29, 1.82) is 0 Å². The Labute approximate surface area is 359 Å². The van der Waals surface area contributed by atoms with E-state index in [1.807, 2.05) is 6.92 Å². The van der Waals surface area contributed by atoms with Crippen molar-refractivity contribution in [3.8, 4) is 0 Å². The fraction of sp³-hybridized carbons (Fsp3) is 1.00. The lowest BCUT2D eigenvalue weighted by Crippen LogP contribution is -2.10. The van der Waals surface area contributed by atoms with Gasteiger partial charge in [0.15, 0.2) is 0 Å². The first-order valence-electron chi connectivity index (χ1n) is 23.8. The molecular weight excluding hydrogens is 734 g/mol. The maximum absolute atomic E-state index is 11.9. The molecule has 0 aromatic carbocycles. The molecule has 0 aliphatic rings. The minimum atomic E-state index is -2.45. The minimum absolute atomic E-state index is 0.00694. The van der Waals surface area contributed by atoms with Crippen molar-refractivity contribution in [2.24, 2.45) is 17.8 Å². The second-order valence-corrected chi connectivity index (χ2v) is 16.2. The van der Waals surface area contributed by atoms with Crippen LogP contribution in [0.15, 0.2) is 0 Å². The molecule has 0 spiro atoms. The highest BCUT2D eigenvalue weighted by molar-refractivity contribution is 4.58. The summed E-state index contributed by atoms with van der Waals surface area (Å²) < 4.78 is 82.4. The van der Waals surface area contributed by atoms with Crippen LogP contribution in [0, 0.1) is 17.8 Å². The van der Waals surface area contributed by atoms with Gasteiger partial charge in [0.25, 0.3) is 0 Å². The molecule has 362 valence electrons. The average Bonchev–Trinajstić information content (AvgIpc) is 3.10. The van der Waals surface area contributed by atoms with E-state index in [-0.39, 0.29) is 25.7 Å². The lowest BCUT2D eigenvalue weighted by molar-refractivity contribution is -0.00651. The van der Waals surface area contributed by atoms with E-state index in [2.05, 4.69) is 104 Å². The lowest BCUT2D eigenvalue weighted by Gasteiger charge is -2.08. The molecule has 0 aliphatic heterocycles. The molecule has 0 aromatic heterocycles. The van der Waals surface area contributed by atoms with E-state index < -0.39 is 23.9 Å². The third-order valence-electron chi connectivity index (χ3n) is 7.67. The topological polar surface area (TPSA) is 0 Å². The highest BCUT2D eigenvalue weighted by Crippen LogP contribution is 2.20. The van der Waals surface area contributed by atoms with E-state index in [1.54, 1.807) is 20.8 Å². The molecule has 0 amide bonds. The van der Waals surface area contributed by atoms with E-state index in [4.69, 9.17) is 0 Å². The van der Waals surface area contributed by atoms with Gasteiger partial charge in [0, 0.05) is 25.7 Å². The summed E-state index contributed by atoms with van der Waals surface area (Å²) in [5, 5.41) is 0. The number of rotatable bonds is 17. The summed E-state index contributed by atoms with van der Waals surface area (Å²) in [6, 6.07) is 0. The smallest absolute Gasteiger partial charge is 0.247 e. The van der Waals surface area contributed by atoms with Crippen LogP contribution in [0.1, 0.15) is 288 Å². The standard InChI is InChI=1S/3C5H10F2.C5H11F.6C5H12/c2*1-3-4-5(2,6)7;1-3-5(6,7)4-2;1-3-4-5(2)6;3*1-4-5(2)3;3*1-3-5-4-2/h3*3-4H2,1-2H3;5H,3-4H2,1-2H3;3*5H,4H2,1-3H3;3*3-5H2,1-2H3. The van der Waals surface area contributed by atoms with Gasteiger partial charge in [0.1, 0.15) is 0 Å². The van der Waals surface area contributed by atoms with Crippen LogP contribution in [-0.4, -0.2) is 23.9 Å². The van der Waals surface area contributed by atoms with Gasteiger partial charge in [-0.05, 0) is 44.9 Å². The van der Waals surface area contributed by atoms with Gasteiger partial charge in [-0.15, -0.1) is 0 Å². The second-order valence-electron chi connectivity index (χ2n) is 16.2. The second kappa shape index (κ2) is 67.3. The van der Waals surface area contributed by atoms with E-state index in [0.717, 1.165) is 38.0 Å². The molecule has 0 radical (unpaired) electrons. The summed E-state index contributed by atoms with van der Waals surface area (Å²) in [4.78, 5) is 0. The zero-order chi connectivity index (χ0) is 48.0. The van der Waals surface area contributed by atoms with Crippen LogP contribution < -0.4 is 0 Å². The van der Waals surface area contributed by atoms with Gasteiger partial charge < -0.3 is 0 Å². The molecule has 0 aromatic rings. The maximum atomic E-state index is 11.9. The molecular formula is C50H113F7. The maximum Gasteiger partial charge on any atom is 0.247 e. The quantitative estimate of drug-likeness (QED) is 0.128. The SMILES string of the molecule is CCC(C)C.CCC(C)C.CCC(C)C.CCC(F)(F)CC.CCCC(C)(F)F.CCCC(C)(F)F.CCCC(C)F.CCCCC.CCCCC.CCCCC. The van der Waals surface area contributed by atoms with Crippen LogP contribution in [-0.2, 0) is 0 Å². The Morgan fingerprint density at radius 1 is 0.351 bits per heavy atom. The van der Waals surface area contributed by atoms with Crippen molar-refractivity contribution in [3.63, 3.8) is 0 Å². The molecule has 57 heavy (non-hydrogen) atoms. The molecule has 0 aliphatic carbocycles. The Morgan fingerprint density at radius 3 is 0.544 bits per heavy atom. The lowest BCUT2D eigenvalue weighted by atomic mass is 10.2. The van der Waals surface area contributed by atoms with Crippen LogP contribution in [0.5, 0.6) is 0 Å². The van der Waals surface area contributed by atoms with Gasteiger partial charge in [-0.3, -0.25) is 0 Å². The van der Waals surface area contributed by atoms with E-state index in [1.165, 1.54) is 90.9 Å². The molecule has 1 unspecified atom stereocenters. The van der Waals surface area contributed by atoms with E-state index >= 15 is 0 Å². The fourth-order valence-corrected chi connectivity index (χ4v) is 2.59. The van der Waals surface area contributed by atoms with Crippen LogP contribution in [0.25, 0.3) is 0 Å². The Hall–Kier alpha value is -0.490. The largest absolute Gasteiger partial charge is 0.248 e. The summed E-state index contributed by atoms with van der Waals surface area (Å²) in [5.74, 6) is -4.66. The molecule has 0 fully saturated rings. The molecule has 0 bridgehead atoms. The average molecular weight is 847 g/mol. The van der Waals surface area contributed by atoms with Gasteiger partial charge >= 0.3 is 0 Å². The summed E-state index contributed by atoms with van der Waals surface area (Å²) in [6.07, 6.45) is 18.3. The van der Waals surface area contributed by atoms with Gasteiger partial charge in [-0.2, -0.15) is 0 Å². The molecule has 0 N–H and O–H groups in total. The van der Waals surface area contributed by atoms with Crippen LogP contribution in [0.4, 0.5) is 30.7 Å². The Bertz CT molecular complexity index is 503. The normalized spacial score (nSPS) is 10.7. The predicted octanol–water partition coefficient (Wildman–Crippen LogP) is 22.2. The summed E-state index contributed by atoms with van der Waals surface area (Å²) in [5.41, 5.74) is 0. The molecule has 7 heteroatoms. The van der Waals surface area contributed by atoms with Crippen molar-refractivity contribution < 1.29 is 30.7 Å². The first kappa shape index (κ1) is 80.5. The number of halogens is 7. The highest BCUT2D eigenvalue weighted by atomic mass is 19.3. The Balaban J connectivity index is -0.0000000540. The van der Waals surface area contributed by atoms with Crippen molar-refractivity contribution in [1.82, 2.24) is 0 Å². The number of hydrogen-bond acceptors (Lipinski definition) is 0. The van der Waals surface area contributed by atoms with Crippen molar-refractivity contribution in [2.45, 2.75) is 312 Å². The fourth-order valence-electron chi connectivity index (χ4n) is 2.59. The van der Waals surface area contributed by atoms with Crippen LogP contribution in [0.2, 0.25) is 0 Å². The van der Waals surface area contributed by atoms with Crippen LogP contribution >= 0.6 is 0 Å². The first-order valence-corrected chi connectivity index (χ1v) is 23.8. The molecule has 0 heterocycles. The van der Waals surface area contributed by atoms with Crippen molar-refractivity contribution >= 4 is 0 Å². The zero-order valence-electron chi connectivity index (χ0n) is 43.6. The summed E-state index contributed by atoms with van der Waals surface area (Å²) in [7, 11) is 0. The van der Waals surface area contributed by atoms with Crippen LogP contribution in [0.3, 0.4) is 0 Å². The number of unbranched alkanes of at least 4 members (excludes halogenated alkanes) is 6. The minimum Gasteiger partial charge on any atom is -0.248 e.